The van der Waals surface area contributed by atoms with E-state index in [-0.39, 0.29) is 16.9 Å². The van der Waals surface area contributed by atoms with Gasteiger partial charge in [-0.25, -0.2) is 4.79 Å². The molecule has 0 aliphatic carbocycles. The van der Waals surface area contributed by atoms with Crippen molar-refractivity contribution in [1.29, 1.82) is 0 Å². The first-order chi connectivity index (χ1) is 8.29. The molecule has 0 spiro atoms. The van der Waals surface area contributed by atoms with Crippen molar-refractivity contribution in [2.75, 3.05) is 12.4 Å². The number of amides is 1. The van der Waals surface area contributed by atoms with Crippen molar-refractivity contribution in [2.24, 2.45) is 0 Å². The molecule has 0 fully saturated rings. The van der Waals surface area contributed by atoms with E-state index in [1.165, 1.54) is 7.11 Å². The first-order valence-corrected chi connectivity index (χ1v) is 5.47. The molecule has 1 aromatic carbocycles. The molecule has 0 saturated heterocycles. The van der Waals surface area contributed by atoms with Crippen molar-refractivity contribution in [3.63, 3.8) is 0 Å². The summed E-state index contributed by atoms with van der Waals surface area (Å²) in [5, 5.41) is 11.0. The molecular weight excluding hydrogens is 234 g/mol. The number of carbonyl (C=O) groups excluding carboxylic acids is 1. The summed E-state index contributed by atoms with van der Waals surface area (Å²) in [4.78, 5) is 21.8. The predicted molar refractivity (Wildman–Crippen MR) is 68.7 cm³/mol. The summed E-state index contributed by atoms with van der Waals surface area (Å²) >= 11 is 0. The van der Waals surface area contributed by atoms with Gasteiger partial charge in [0.15, 0.2) is 12.0 Å². The Kier molecular flexibility index (Phi) is 3.96. The molecule has 1 amide bonds. The van der Waals surface area contributed by atoms with E-state index in [1.807, 2.05) is 20.8 Å². The lowest BCUT2D eigenvalue weighted by Crippen LogP contribution is -2.15. The zero-order valence-electron chi connectivity index (χ0n) is 10.9. The van der Waals surface area contributed by atoms with Gasteiger partial charge in [0.25, 0.3) is 0 Å². The van der Waals surface area contributed by atoms with Crippen LogP contribution in [0.3, 0.4) is 0 Å². The SMILES string of the molecule is COc1c(C=O)cc(C(C)(C)C)cc1NC(=O)O. The van der Waals surface area contributed by atoms with E-state index in [4.69, 9.17) is 9.84 Å². The zero-order valence-corrected chi connectivity index (χ0v) is 10.9. The normalized spacial score (nSPS) is 10.9. The second-order valence-corrected chi connectivity index (χ2v) is 4.94. The van der Waals surface area contributed by atoms with Crippen LogP contribution in [-0.2, 0) is 5.41 Å². The second-order valence-electron chi connectivity index (χ2n) is 4.94. The Balaban J connectivity index is 3.45. The molecule has 98 valence electrons. The lowest BCUT2D eigenvalue weighted by Gasteiger charge is -2.22. The van der Waals surface area contributed by atoms with E-state index in [0.717, 1.165) is 5.56 Å². The molecule has 0 saturated carbocycles. The molecule has 0 aromatic heterocycles. The number of methoxy groups -OCH3 is 1. The number of hydrogen-bond donors (Lipinski definition) is 2. The van der Waals surface area contributed by atoms with Gasteiger partial charge in [-0.15, -0.1) is 0 Å². The molecule has 0 aliphatic rings. The van der Waals surface area contributed by atoms with Gasteiger partial charge >= 0.3 is 6.09 Å². The van der Waals surface area contributed by atoms with E-state index in [0.29, 0.717) is 11.8 Å². The number of rotatable bonds is 3. The summed E-state index contributed by atoms with van der Waals surface area (Å²) in [6.07, 6.45) is -0.544. The molecule has 2 N–H and O–H groups in total. The third-order valence-electron chi connectivity index (χ3n) is 2.56. The topological polar surface area (TPSA) is 75.6 Å². The van der Waals surface area contributed by atoms with E-state index < -0.39 is 6.09 Å². The van der Waals surface area contributed by atoms with E-state index >= 15 is 0 Å². The molecule has 0 atom stereocenters. The predicted octanol–water partition coefficient (Wildman–Crippen LogP) is 2.90. The summed E-state index contributed by atoms with van der Waals surface area (Å²) in [7, 11) is 1.39. The number of ether oxygens (including phenoxy) is 1. The van der Waals surface area contributed by atoms with Crippen LogP contribution in [0, 0.1) is 0 Å². The molecule has 0 heterocycles. The van der Waals surface area contributed by atoms with Gasteiger partial charge in [0, 0.05) is 0 Å². The highest BCUT2D eigenvalue weighted by molar-refractivity contribution is 5.91. The standard InChI is InChI=1S/C13H17NO4/c1-13(2,3)9-5-8(7-15)11(18-4)10(6-9)14-12(16)17/h5-7,14H,1-4H3,(H,16,17). The average molecular weight is 251 g/mol. The third-order valence-corrected chi connectivity index (χ3v) is 2.56. The van der Waals surface area contributed by atoms with Gasteiger partial charge in [-0.05, 0) is 23.1 Å². The summed E-state index contributed by atoms with van der Waals surface area (Å²) < 4.78 is 5.08. The summed E-state index contributed by atoms with van der Waals surface area (Å²) in [6, 6.07) is 3.39. The van der Waals surface area contributed by atoms with E-state index in [9.17, 15) is 9.59 Å². The van der Waals surface area contributed by atoms with Crippen molar-refractivity contribution in [2.45, 2.75) is 26.2 Å². The van der Waals surface area contributed by atoms with Crippen LogP contribution in [0.5, 0.6) is 5.75 Å². The minimum atomic E-state index is -1.20. The maximum absolute atomic E-state index is 11.0. The van der Waals surface area contributed by atoms with Crippen molar-refractivity contribution in [3.05, 3.63) is 23.3 Å². The first kappa shape index (κ1) is 14.0. The Morgan fingerprint density at radius 1 is 1.39 bits per heavy atom. The zero-order chi connectivity index (χ0) is 13.9. The van der Waals surface area contributed by atoms with Crippen molar-refractivity contribution in [1.82, 2.24) is 0 Å². The Morgan fingerprint density at radius 2 is 2.00 bits per heavy atom. The molecule has 1 aromatic rings. The quantitative estimate of drug-likeness (QED) is 0.810. The summed E-state index contributed by atoms with van der Waals surface area (Å²) in [5.74, 6) is 0.236. The molecule has 18 heavy (non-hydrogen) atoms. The van der Waals surface area contributed by atoms with Gasteiger partial charge in [0.1, 0.15) is 0 Å². The first-order valence-electron chi connectivity index (χ1n) is 5.47. The van der Waals surface area contributed by atoms with E-state index in [1.54, 1.807) is 12.1 Å². The summed E-state index contributed by atoms with van der Waals surface area (Å²) in [5.41, 5.74) is 1.27. The van der Waals surface area contributed by atoms with Crippen molar-refractivity contribution in [3.8, 4) is 5.75 Å². The number of aldehydes is 1. The maximum Gasteiger partial charge on any atom is 0.409 e. The average Bonchev–Trinajstić information content (AvgIpc) is 2.25. The van der Waals surface area contributed by atoms with Crippen LogP contribution in [0.25, 0.3) is 0 Å². The third kappa shape index (κ3) is 3.00. The highest BCUT2D eigenvalue weighted by atomic mass is 16.5. The van der Waals surface area contributed by atoms with E-state index in [2.05, 4.69) is 5.32 Å². The lowest BCUT2D eigenvalue weighted by atomic mass is 9.85. The Morgan fingerprint density at radius 3 is 2.39 bits per heavy atom. The fourth-order valence-electron chi connectivity index (χ4n) is 1.61. The highest BCUT2D eigenvalue weighted by Gasteiger charge is 2.20. The molecular formula is C13H17NO4. The summed E-state index contributed by atoms with van der Waals surface area (Å²) in [6.45, 7) is 5.94. The molecule has 0 radical (unpaired) electrons. The number of carboxylic acid groups (broad SMARTS) is 1. The van der Waals surface area contributed by atoms with Crippen LogP contribution < -0.4 is 10.1 Å². The Hall–Kier alpha value is -2.04. The van der Waals surface area contributed by atoms with Gasteiger partial charge in [-0.1, -0.05) is 20.8 Å². The fraction of sp³-hybridized carbons (Fsp3) is 0.385. The molecule has 0 aliphatic heterocycles. The molecule has 1 rings (SSSR count). The minimum Gasteiger partial charge on any atom is -0.494 e. The number of anilines is 1. The van der Waals surface area contributed by atoms with Gasteiger partial charge < -0.3 is 9.84 Å². The Bertz CT molecular complexity index is 475. The van der Waals surface area contributed by atoms with Crippen LogP contribution in [0.2, 0.25) is 0 Å². The van der Waals surface area contributed by atoms with Crippen LogP contribution in [-0.4, -0.2) is 24.6 Å². The minimum absolute atomic E-state index is 0.195. The van der Waals surface area contributed by atoms with Gasteiger partial charge in [-0.3, -0.25) is 10.1 Å². The van der Waals surface area contributed by atoms with Crippen LogP contribution in [0.1, 0.15) is 36.7 Å². The largest absolute Gasteiger partial charge is 0.494 e. The second kappa shape index (κ2) is 5.08. The molecule has 0 unspecified atom stereocenters. The Labute approximate surface area is 106 Å². The van der Waals surface area contributed by atoms with Gasteiger partial charge in [-0.2, -0.15) is 0 Å². The van der Waals surface area contributed by atoms with Crippen molar-refractivity contribution < 1.29 is 19.4 Å². The monoisotopic (exact) mass is 251 g/mol. The number of carbonyl (C=O) groups is 2. The molecule has 0 bridgehead atoms. The number of benzene rings is 1. The molecule has 5 heteroatoms. The van der Waals surface area contributed by atoms with Crippen LogP contribution >= 0.6 is 0 Å². The lowest BCUT2D eigenvalue weighted by molar-refractivity contribution is 0.112. The van der Waals surface area contributed by atoms with Crippen LogP contribution in [0.4, 0.5) is 10.5 Å². The number of nitrogens with one attached hydrogen (secondary N) is 1. The number of hydrogen-bond acceptors (Lipinski definition) is 3. The fourth-order valence-corrected chi connectivity index (χ4v) is 1.61. The van der Waals surface area contributed by atoms with Gasteiger partial charge in [0.05, 0.1) is 18.4 Å². The smallest absolute Gasteiger partial charge is 0.409 e. The maximum atomic E-state index is 11.0. The van der Waals surface area contributed by atoms with Gasteiger partial charge in [0.2, 0.25) is 0 Å². The van der Waals surface area contributed by atoms with Crippen LogP contribution in [0.15, 0.2) is 12.1 Å². The molecule has 5 nitrogen and oxygen atoms in total. The van der Waals surface area contributed by atoms with Crippen molar-refractivity contribution >= 4 is 18.1 Å². The highest BCUT2D eigenvalue weighted by Crippen LogP contribution is 2.34.